The molecule has 1 aromatic rings. The summed E-state index contributed by atoms with van der Waals surface area (Å²) in [6.45, 7) is 7.74. The highest BCUT2D eigenvalue weighted by molar-refractivity contribution is 5.77. The molecule has 6 nitrogen and oxygen atoms in total. The molecule has 6 heteroatoms. The van der Waals surface area contributed by atoms with E-state index in [1.54, 1.807) is 7.11 Å². The van der Waals surface area contributed by atoms with Crippen LogP contribution >= 0.6 is 0 Å². The second-order valence-corrected chi connectivity index (χ2v) is 6.34. The third-order valence-corrected chi connectivity index (χ3v) is 4.28. The van der Waals surface area contributed by atoms with Crippen molar-refractivity contribution in [2.45, 2.75) is 13.1 Å². The Balaban J connectivity index is 1.67. The number of hydrogen-bond donors (Lipinski definition) is 2. The molecule has 2 rings (SSSR count). The highest BCUT2D eigenvalue weighted by atomic mass is 16.5. The van der Waals surface area contributed by atoms with E-state index in [1.165, 1.54) is 5.56 Å². The fraction of sp³-hybridized carbons (Fsp3) is 0.611. The van der Waals surface area contributed by atoms with Gasteiger partial charge in [-0.05, 0) is 18.2 Å². The molecule has 1 aromatic carbocycles. The molecule has 0 aliphatic carbocycles. The van der Waals surface area contributed by atoms with Crippen molar-refractivity contribution in [3.05, 3.63) is 35.4 Å². The van der Waals surface area contributed by atoms with Crippen molar-refractivity contribution in [1.29, 1.82) is 0 Å². The Bertz CT molecular complexity index is 484. The van der Waals surface area contributed by atoms with Crippen LogP contribution in [0.1, 0.15) is 11.1 Å². The zero-order valence-electron chi connectivity index (χ0n) is 14.9. The molecular weight excluding hydrogens is 304 g/mol. The summed E-state index contributed by atoms with van der Waals surface area (Å²) in [7, 11) is 3.82. The molecule has 0 bridgehead atoms. The number of hydrogen-bond acceptors (Lipinski definition) is 5. The number of likely N-dealkylation sites (N-methyl/N-ethyl adjacent to an activating group) is 1. The molecule has 1 fully saturated rings. The molecular formula is C18H30N4O2. The fourth-order valence-electron chi connectivity index (χ4n) is 2.67. The van der Waals surface area contributed by atoms with E-state index < -0.39 is 0 Å². The van der Waals surface area contributed by atoms with Gasteiger partial charge in [-0.15, -0.1) is 0 Å². The number of carbonyl (C=O) groups excluding carboxylic acids is 1. The lowest BCUT2D eigenvalue weighted by molar-refractivity contribution is -0.120. The van der Waals surface area contributed by atoms with E-state index in [9.17, 15) is 4.79 Å². The van der Waals surface area contributed by atoms with Crippen molar-refractivity contribution in [1.82, 2.24) is 20.4 Å². The summed E-state index contributed by atoms with van der Waals surface area (Å²) in [5.41, 5.74) is 2.46. The first-order valence-corrected chi connectivity index (χ1v) is 8.62. The van der Waals surface area contributed by atoms with Crippen molar-refractivity contribution in [2.75, 3.05) is 60.0 Å². The fourth-order valence-corrected chi connectivity index (χ4v) is 2.67. The summed E-state index contributed by atoms with van der Waals surface area (Å²) >= 11 is 0. The van der Waals surface area contributed by atoms with E-state index in [0.717, 1.165) is 38.3 Å². The van der Waals surface area contributed by atoms with Crippen LogP contribution in [-0.4, -0.2) is 75.7 Å². The Morgan fingerprint density at radius 2 is 1.79 bits per heavy atom. The van der Waals surface area contributed by atoms with Gasteiger partial charge in [-0.3, -0.25) is 9.69 Å². The number of rotatable bonds is 9. The summed E-state index contributed by atoms with van der Waals surface area (Å²) < 4.78 is 4.92. The highest BCUT2D eigenvalue weighted by Crippen LogP contribution is 2.09. The van der Waals surface area contributed by atoms with Gasteiger partial charge in [0.15, 0.2) is 0 Å². The topological polar surface area (TPSA) is 56.8 Å². The van der Waals surface area contributed by atoms with E-state index >= 15 is 0 Å². The maximum Gasteiger partial charge on any atom is 0.234 e. The maximum atomic E-state index is 11.7. The van der Waals surface area contributed by atoms with Gasteiger partial charge in [-0.25, -0.2) is 0 Å². The number of nitrogens with zero attached hydrogens (tertiary/aromatic N) is 2. The predicted octanol–water partition coefficient (Wildman–Crippen LogP) is 0.286. The van der Waals surface area contributed by atoms with E-state index in [0.29, 0.717) is 26.2 Å². The molecule has 1 heterocycles. The van der Waals surface area contributed by atoms with E-state index in [2.05, 4.69) is 51.7 Å². The molecule has 0 atom stereocenters. The average Bonchev–Trinajstić information content (AvgIpc) is 2.60. The number of piperazine rings is 1. The Morgan fingerprint density at radius 1 is 1.12 bits per heavy atom. The van der Waals surface area contributed by atoms with Gasteiger partial charge >= 0.3 is 0 Å². The van der Waals surface area contributed by atoms with Gasteiger partial charge in [-0.1, -0.05) is 24.3 Å². The summed E-state index contributed by atoms with van der Waals surface area (Å²) in [6, 6.07) is 8.53. The number of nitrogens with one attached hydrogen (secondary N) is 2. The van der Waals surface area contributed by atoms with Crippen LogP contribution in [0.2, 0.25) is 0 Å². The van der Waals surface area contributed by atoms with Gasteiger partial charge in [-0.2, -0.15) is 0 Å². The molecule has 0 radical (unpaired) electrons. The minimum Gasteiger partial charge on any atom is -0.383 e. The summed E-state index contributed by atoms with van der Waals surface area (Å²) in [6.07, 6.45) is 0. The van der Waals surface area contributed by atoms with Gasteiger partial charge < -0.3 is 20.3 Å². The number of amides is 1. The second-order valence-electron chi connectivity index (χ2n) is 6.34. The van der Waals surface area contributed by atoms with E-state index in [-0.39, 0.29) is 5.91 Å². The van der Waals surface area contributed by atoms with Crippen LogP contribution in [0.3, 0.4) is 0 Å². The first-order chi connectivity index (χ1) is 11.7. The Kier molecular flexibility index (Phi) is 8.18. The van der Waals surface area contributed by atoms with E-state index in [4.69, 9.17) is 4.74 Å². The lowest BCUT2D eigenvalue weighted by Crippen LogP contribution is -2.43. The minimum atomic E-state index is 0.00705. The van der Waals surface area contributed by atoms with Crippen LogP contribution in [0.5, 0.6) is 0 Å². The van der Waals surface area contributed by atoms with Crippen molar-refractivity contribution in [2.24, 2.45) is 0 Å². The first-order valence-electron chi connectivity index (χ1n) is 8.62. The lowest BCUT2D eigenvalue weighted by atomic mass is 10.1. The molecule has 1 aliphatic heterocycles. The molecule has 1 aliphatic rings. The van der Waals surface area contributed by atoms with Crippen LogP contribution in [0.25, 0.3) is 0 Å². The van der Waals surface area contributed by atoms with Crippen LogP contribution < -0.4 is 10.6 Å². The monoisotopic (exact) mass is 334 g/mol. The van der Waals surface area contributed by atoms with Crippen LogP contribution in [-0.2, 0) is 22.6 Å². The largest absolute Gasteiger partial charge is 0.383 e. The molecule has 134 valence electrons. The zero-order valence-corrected chi connectivity index (χ0v) is 14.9. The SMILES string of the molecule is COCCNCC(=O)NCc1ccc(CN2CCN(C)CC2)cc1. The minimum absolute atomic E-state index is 0.00705. The Labute approximate surface area is 145 Å². The lowest BCUT2D eigenvalue weighted by Gasteiger charge is -2.32. The molecule has 0 unspecified atom stereocenters. The maximum absolute atomic E-state index is 11.7. The van der Waals surface area contributed by atoms with Crippen LogP contribution in [0.15, 0.2) is 24.3 Å². The molecule has 0 spiro atoms. The van der Waals surface area contributed by atoms with Gasteiger partial charge in [0.25, 0.3) is 0 Å². The molecule has 0 aromatic heterocycles. The van der Waals surface area contributed by atoms with Gasteiger partial charge in [0.2, 0.25) is 5.91 Å². The van der Waals surface area contributed by atoms with Crippen molar-refractivity contribution >= 4 is 5.91 Å². The molecule has 24 heavy (non-hydrogen) atoms. The molecule has 2 N–H and O–H groups in total. The molecule has 0 saturated carbocycles. The Morgan fingerprint density at radius 3 is 2.46 bits per heavy atom. The van der Waals surface area contributed by atoms with Crippen LogP contribution in [0, 0.1) is 0 Å². The summed E-state index contributed by atoms with van der Waals surface area (Å²) in [4.78, 5) is 16.6. The predicted molar refractivity (Wildman–Crippen MR) is 95.8 cm³/mol. The quantitative estimate of drug-likeness (QED) is 0.636. The summed E-state index contributed by atoms with van der Waals surface area (Å²) in [5, 5.41) is 5.96. The number of ether oxygens (including phenoxy) is 1. The van der Waals surface area contributed by atoms with Crippen molar-refractivity contribution in [3.8, 4) is 0 Å². The summed E-state index contributed by atoms with van der Waals surface area (Å²) in [5.74, 6) is 0.00705. The van der Waals surface area contributed by atoms with Crippen molar-refractivity contribution in [3.63, 3.8) is 0 Å². The van der Waals surface area contributed by atoms with Gasteiger partial charge in [0.05, 0.1) is 13.2 Å². The number of carbonyl (C=O) groups is 1. The second kappa shape index (κ2) is 10.4. The third kappa shape index (κ3) is 6.97. The first kappa shape index (κ1) is 18.9. The standard InChI is InChI=1S/C18H30N4O2/c1-21-8-10-22(11-9-21)15-17-5-3-16(4-6-17)13-20-18(23)14-19-7-12-24-2/h3-6,19H,7-15H2,1-2H3,(H,20,23). The normalized spacial score (nSPS) is 16.2. The Hall–Kier alpha value is -1.47. The van der Waals surface area contributed by atoms with Crippen LogP contribution in [0.4, 0.5) is 0 Å². The number of benzene rings is 1. The van der Waals surface area contributed by atoms with Crippen molar-refractivity contribution < 1.29 is 9.53 Å². The highest BCUT2D eigenvalue weighted by Gasteiger charge is 2.13. The average molecular weight is 334 g/mol. The molecule has 1 saturated heterocycles. The van der Waals surface area contributed by atoms with Gasteiger partial charge in [0.1, 0.15) is 0 Å². The van der Waals surface area contributed by atoms with E-state index in [1.807, 2.05) is 0 Å². The number of methoxy groups -OCH3 is 1. The molecule has 1 amide bonds. The van der Waals surface area contributed by atoms with Gasteiger partial charge in [0, 0.05) is 52.9 Å². The third-order valence-electron chi connectivity index (χ3n) is 4.28. The zero-order chi connectivity index (χ0) is 17.2. The smallest absolute Gasteiger partial charge is 0.234 e.